The third-order valence-electron chi connectivity index (χ3n) is 3.82. The lowest BCUT2D eigenvalue weighted by molar-refractivity contribution is -0.119. The number of alkyl halides is 2. The Labute approximate surface area is 166 Å². The minimum absolute atomic E-state index is 0.0121. The smallest absolute Gasteiger partial charge is 0.387 e. The van der Waals surface area contributed by atoms with Crippen LogP contribution in [0.4, 0.5) is 14.5 Å². The van der Waals surface area contributed by atoms with Gasteiger partial charge in [0.2, 0.25) is 0 Å². The zero-order chi connectivity index (χ0) is 21.1. The first-order valence-corrected chi connectivity index (χ1v) is 9.08. The van der Waals surface area contributed by atoms with Gasteiger partial charge in [0.25, 0.3) is 11.5 Å². The molecule has 8 nitrogen and oxygen atoms in total. The summed E-state index contributed by atoms with van der Waals surface area (Å²) in [6, 6.07) is 5.62. The minimum Gasteiger partial charge on any atom is -0.451 e. The van der Waals surface area contributed by atoms with Crippen molar-refractivity contribution in [2.45, 2.75) is 20.5 Å². The molecule has 2 N–H and O–H groups in total. The fourth-order valence-corrected chi connectivity index (χ4v) is 3.72. The molecule has 0 saturated heterocycles. The Balaban J connectivity index is 1.69. The maximum Gasteiger partial charge on any atom is 0.387 e. The highest BCUT2D eigenvalue weighted by atomic mass is 32.1. The number of aromatic nitrogens is 2. The molecule has 3 rings (SSSR count). The second-order valence-electron chi connectivity index (χ2n) is 5.89. The molecule has 152 valence electrons. The molecule has 1 aromatic carbocycles. The Hall–Kier alpha value is -3.34. The monoisotopic (exact) mass is 423 g/mol. The third-order valence-corrected chi connectivity index (χ3v) is 4.98. The minimum atomic E-state index is -3.05. The number of para-hydroxylation sites is 2. The lowest BCUT2D eigenvalue weighted by Gasteiger charge is -2.11. The molecule has 0 aliphatic carbocycles. The molecule has 0 aliphatic heterocycles. The van der Waals surface area contributed by atoms with Crippen molar-refractivity contribution in [1.82, 2.24) is 9.97 Å². The van der Waals surface area contributed by atoms with Crippen LogP contribution in [-0.2, 0) is 9.53 Å². The highest BCUT2D eigenvalue weighted by molar-refractivity contribution is 7.20. The number of fused-ring (bicyclic) bond motifs is 1. The number of nitrogens with one attached hydrogen (secondary N) is 2. The second kappa shape index (κ2) is 8.35. The first-order valence-electron chi connectivity index (χ1n) is 8.27. The first-order chi connectivity index (χ1) is 13.8. The van der Waals surface area contributed by atoms with E-state index in [4.69, 9.17) is 4.74 Å². The molecule has 0 fully saturated rings. The molecule has 2 heterocycles. The number of benzene rings is 1. The second-order valence-corrected chi connectivity index (χ2v) is 6.89. The van der Waals surface area contributed by atoms with Crippen molar-refractivity contribution in [3.63, 3.8) is 0 Å². The van der Waals surface area contributed by atoms with E-state index in [9.17, 15) is 23.2 Å². The van der Waals surface area contributed by atoms with E-state index in [-0.39, 0.29) is 27.3 Å². The quantitative estimate of drug-likeness (QED) is 0.590. The Morgan fingerprint density at radius 2 is 2.00 bits per heavy atom. The third kappa shape index (κ3) is 4.57. The normalized spacial score (nSPS) is 10.9. The molecule has 0 radical (unpaired) electrons. The Morgan fingerprint density at radius 3 is 2.72 bits per heavy atom. The largest absolute Gasteiger partial charge is 0.451 e. The number of amides is 1. The number of halogens is 2. The topological polar surface area (TPSA) is 110 Å². The summed E-state index contributed by atoms with van der Waals surface area (Å²) in [6.07, 6.45) is 0. The number of carbonyl (C=O) groups excluding carboxylic acids is 2. The zero-order valence-corrected chi connectivity index (χ0v) is 16.1. The summed E-state index contributed by atoms with van der Waals surface area (Å²) in [6.45, 7) is -0.506. The number of thiophene rings is 1. The van der Waals surface area contributed by atoms with Gasteiger partial charge in [-0.3, -0.25) is 9.59 Å². The standard InChI is InChI=1S/C18H15F2N3O5S/c1-8-13-15(25)21-9(2)22-16(13)29-14(8)17(26)27-7-12(24)23-10-5-3-4-6-11(10)28-18(19)20/h3-6,18H,7H2,1-2H3,(H,23,24)(H,21,22,25). The van der Waals surface area contributed by atoms with E-state index in [1.54, 1.807) is 13.8 Å². The summed E-state index contributed by atoms with van der Waals surface area (Å²) in [5, 5.41) is 2.63. The molecule has 0 spiro atoms. The fourth-order valence-electron chi connectivity index (χ4n) is 2.60. The number of esters is 1. The molecule has 1 amide bonds. The number of nitrogens with zero attached hydrogens (tertiary/aromatic N) is 1. The molecule has 0 bridgehead atoms. The van der Waals surface area contributed by atoms with Crippen LogP contribution in [0.5, 0.6) is 5.75 Å². The highest BCUT2D eigenvalue weighted by Gasteiger charge is 2.21. The van der Waals surface area contributed by atoms with Crippen LogP contribution in [0, 0.1) is 13.8 Å². The van der Waals surface area contributed by atoms with Crippen LogP contribution >= 0.6 is 11.3 Å². The van der Waals surface area contributed by atoms with Gasteiger partial charge < -0.3 is 19.8 Å². The number of aromatic amines is 1. The predicted molar refractivity (Wildman–Crippen MR) is 102 cm³/mol. The van der Waals surface area contributed by atoms with Gasteiger partial charge in [-0.05, 0) is 31.5 Å². The van der Waals surface area contributed by atoms with E-state index in [1.807, 2.05) is 0 Å². The molecular formula is C18H15F2N3O5S. The van der Waals surface area contributed by atoms with Crippen molar-refractivity contribution in [2.24, 2.45) is 0 Å². The fraction of sp³-hybridized carbons (Fsp3) is 0.222. The summed E-state index contributed by atoms with van der Waals surface area (Å²) in [4.78, 5) is 43.7. The molecular weight excluding hydrogens is 408 g/mol. The van der Waals surface area contributed by atoms with Crippen LogP contribution in [0.3, 0.4) is 0 Å². The van der Waals surface area contributed by atoms with Crippen LogP contribution in [0.2, 0.25) is 0 Å². The van der Waals surface area contributed by atoms with Crippen molar-refractivity contribution in [2.75, 3.05) is 11.9 Å². The zero-order valence-electron chi connectivity index (χ0n) is 15.2. The van der Waals surface area contributed by atoms with E-state index < -0.39 is 25.1 Å². The van der Waals surface area contributed by atoms with Crippen molar-refractivity contribution in [3.8, 4) is 5.75 Å². The van der Waals surface area contributed by atoms with Crippen molar-refractivity contribution in [1.29, 1.82) is 0 Å². The molecule has 0 aliphatic rings. The van der Waals surface area contributed by atoms with Crippen molar-refractivity contribution < 1.29 is 27.8 Å². The van der Waals surface area contributed by atoms with Gasteiger partial charge >= 0.3 is 12.6 Å². The number of rotatable bonds is 6. The number of ether oxygens (including phenoxy) is 2. The van der Waals surface area contributed by atoms with Crippen LogP contribution in [0.15, 0.2) is 29.1 Å². The van der Waals surface area contributed by atoms with Gasteiger partial charge in [-0.15, -0.1) is 11.3 Å². The van der Waals surface area contributed by atoms with E-state index in [0.29, 0.717) is 16.2 Å². The Bertz CT molecular complexity index is 1140. The van der Waals surface area contributed by atoms with Gasteiger partial charge in [-0.1, -0.05) is 12.1 Å². The van der Waals surface area contributed by atoms with Crippen molar-refractivity contribution in [3.05, 3.63) is 50.9 Å². The number of anilines is 1. The average molecular weight is 423 g/mol. The number of H-pyrrole nitrogens is 1. The molecule has 11 heteroatoms. The molecule has 0 atom stereocenters. The van der Waals surface area contributed by atoms with Crippen molar-refractivity contribution >= 4 is 39.1 Å². The van der Waals surface area contributed by atoms with Gasteiger partial charge in [-0.25, -0.2) is 9.78 Å². The number of hydrogen-bond donors (Lipinski definition) is 2. The summed E-state index contributed by atoms with van der Waals surface area (Å²) in [5.41, 5.74) is 0.0478. The number of carbonyl (C=O) groups is 2. The van der Waals surface area contributed by atoms with Gasteiger partial charge in [-0.2, -0.15) is 8.78 Å². The molecule has 29 heavy (non-hydrogen) atoms. The van der Waals surface area contributed by atoms with E-state index >= 15 is 0 Å². The number of aryl methyl sites for hydroxylation is 2. The summed E-state index contributed by atoms with van der Waals surface area (Å²) in [5.74, 6) is -1.35. The van der Waals surface area contributed by atoms with Crippen LogP contribution in [0.1, 0.15) is 21.1 Å². The van der Waals surface area contributed by atoms with E-state index in [2.05, 4.69) is 20.0 Å². The maximum absolute atomic E-state index is 12.4. The van der Waals surface area contributed by atoms with Crippen LogP contribution in [-0.4, -0.2) is 35.1 Å². The van der Waals surface area contributed by atoms with Crippen LogP contribution in [0.25, 0.3) is 10.2 Å². The van der Waals surface area contributed by atoms with Gasteiger partial charge in [0.05, 0.1) is 11.1 Å². The Morgan fingerprint density at radius 1 is 1.28 bits per heavy atom. The number of hydrogen-bond acceptors (Lipinski definition) is 7. The lowest BCUT2D eigenvalue weighted by atomic mass is 10.2. The SMILES string of the molecule is Cc1nc2sc(C(=O)OCC(=O)Nc3ccccc3OC(F)F)c(C)c2c(=O)[nH]1. The summed E-state index contributed by atoms with van der Waals surface area (Å²) < 4.78 is 34.2. The maximum atomic E-state index is 12.4. The lowest BCUT2D eigenvalue weighted by Crippen LogP contribution is -2.21. The molecule has 0 saturated carbocycles. The highest BCUT2D eigenvalue weighted by Crippen LogP contribution is 2.28. The van der Waals surface area contributed by atoms with Gasteiger partial charge in [0, 0.05) is 0 Å². The Kier molecular flexibility index (Phi) is 5.87. The first kappa shape index (κ1) is 20.4. The summed E-state index contributed by atoms with van der Waals surface area (Å²) in [7, 11) is 0. The van der Waals surface area contributed by atoms with Crippen LogP contribution < -0.4 is 15.6 Å². The van der Waals surface area contributed by atoms with E-state index in [1.165, 1.54) is 24.3 Å². The molecule has 3 aromatic rings. The predicted octanol–water partition coefficient (Wildman–Crippen LogP) is 3.00. The molecule has 2 aromatic heterocycles. The molecule has 0 unspecified atom stereocenters. The average Bonchev–Trinajstić information content (AvgIpc) is 2.97. The van der Waals surface area contributed by atoms with Gasteiger partial charge in [0.1, 0.15) is 21.3 Å². The van der Waals surface area contributed by atoms with Gasteiger partial charge in [0.15, 0.2) is 6.61 Å². The summed E-state index contributed by atoms with van der Waals surface area (Å²) >= 11 is 0.985. The van der Waals surface area contributed by atoms with E-state index in [0.717, 1.165) is 11.3 Å².